The van der Waals surface area contributed by atoms with E-state index in [2.05, 4.69) is 6.58 Å². The summed E-state index contributed by atoms with van der Waals surface area (Å²) in [7, 11) is 0. The maximum Gasteiger partial charge on any atom is 0.333 e. The van der Waals surface area contributed by atoms with Gasteiger partial charge in [0.2, 0.25) is 0 Å². The van der Waals surface area contributed by atoms with E-state index in [-0.39, 0.29) is 31.8 Å². The van der Waals surface area contributed by atoms with E-state index in [0.717, 1.165) is 0 Å². The van der Waals surface area contributed by atoms with Crippen LogP contribution < -0.4 is 0 Å². The molecule has 0 spiro atoms. The number of ether oxygens (including phenoxy) is 1. The van der Waals surface area contributed by atoms with Crippen LogP contribution in [0.25, 0.3) is 0 Å². The summed E-state index contributed by atoms with van der Waals surface area (Å²) in [6.07, 6.45) is -1.91. The second-order valence-electron chi connectivity index (χ2n) is 4.35. The second-order valence-corrected chi connectivity index (χ2v) is 4.35. The fourth-order valence-electron chi connectivity index (χ4n) is 1.36. The van der Waals surface area contributed by atoms with E-state index in [0.29, 0.717) is 0 Å². The van der Waals surface area contributed by atoms with Gasteiger partial charge in [0, 0.05) is 25.2 Å². The largest absolute Gasteiger partial charge is 0.461 e. The molecule has 0 aromatic heterocycles. The predicted octanol–water partition coefficient (Wildman–Crippen LogP) is -1.89. The van der Waals surface area contributed by atoms with Crippen molar-refractivity contribution >= 4 is 5.97 Å². The quantitative estimate of drug-likeness (QED) is 0.273. The van der Waals surface area contributed by atoms with E-state index in [1.165, 1.54) is 6.92 Å². The van der Waals surface area contributed by atoms with Crippen molar-refractivity contribution in [1.82, 2.24) is 4.90 Å². The zero-order valence-electron chi connectivity index (χ0n) is 11.2. The first-order chi connectivity index (χ1) is 8.90. The Kier molecular flexibility index (Phi) is 9.36. The fourth-order valence-corrected chi connectivity index (χ4v) is 1.36. The first kappa shape index (κ1) is 18.0. The zero-order valence-corrected chi connectivity index (χ0v) is 11.2. The number of carbonyl (C=O) groups is 1. The van der Waals surface area contributed by atoms with Crippen LogP contribution in [0.2, 0.25) is 0 Å². The Morgan fingerprint density at radius 3 is 2.05 bits per heavy atom. The number of aliphatic hydroxyl groups is 4. The average molecular weight is 277 g/mol. The molecular weight excluding hydrogens is 254 g/mol. The molecule has 2 unspecified atom stereocenters. The molecule has 0 amide bonds. The Morgan fingerprint density at radius 2 is 1.68 bits per heavy atom. The van der Waals surface area contributed by atoms with Crippen LogP contribution >= 0.6 is 0 Å². The summed E-state index contributed by atoms with van der Waals surface area (Å²) in [6, 6.07) is 0. The highest BCUT2D eigenvalue weighted by Gasteiger charge is 2.15. The monoisotopic (exact) mass is 277 g/mol. The molecule has 0 aromatic carbocycles. The Morgan fingerprint density at radius 1 is 1.21 bits per heavy atom. The van der Waals surface area contributed by atoms with Gasteiger partial charge in [-0.2, -0.15) is 0 Å². The maximum atomic E-state index is 11.2. The number of aliphatic hydroxyl groups excluding tert-OH is 4. The third-order valence-corrected chi connectivity index (χ3v) is 2.35. The number of hydrogen-bond donors (Lipinski definition) is 4. The Bertz CT molecular complexity index is 271. The molecule has 0 rings (SSSR count). The van der Waals surface area contributed by atoms with E-state index in [4.69, 9.17) is 14.9 Å². The lowest BCUT2D eigenvalue weighted by Crippen LogP contribution is -2.42. The minimum absolute atomic E-state index is 0.0714. The molecule has 112 valence electrons. The Hall–Kier alpha value is -0.990. The van der Waals surface area contributed by atoms with Crippen molar-refractivity contribution in [2.75, 3.05) is 39.5 Å². The van der Waals surface area contributed by atoms with Gasteiger partial charge in [0.1, 0.15) is 6.61 Å². The minimum Gasteiger partial charge on any atom is -0.461 e. The van der Waals surface area contributed by atoms with Gasteiger partial charge in [-0.1, -0.05) is 6.58 Å². The molecule has 0 heterocycles. The normalized spacial score (nSPS) is 14.2. The van der Waals surface area contributed by atoms with Gasteiger partial charge in [-0.25, -0.2) is 4.79 Å². The van der Waals surface area contributed by atoms with Crippen molar-refractivity contribution < 1.29 is 30.0 Å². The summed E-state index contributed by atoms with van der Waals surface area (Å²) in [5, 5.41) is 36.3. The van der Waals surface area contributed by atoms with Gasteiger partial charge in [0.05, 0.1) is 25.4 Å². The van der Waals surface area contributed by atoms with Gasteiger partial charge in [0.25, 0.3) is 0 Å². The molecule has 0 saturated heterocycles. The third-order valence-electron chi connectivity index (χ3n) is 2.35. The molecule has 0 bridgehead atoms. The van der Waals surface area contributed by atoms with Gasteiger partial charge in [-0.15, -0.1) is 0 Å². The van der Waals surface area contributed by atoms with Crippen LogP contribution in [-0.4, -0.2) is 83.0 Å². The molecule has 0 saturated carbocycles. The smallest absolute Gasteiger partial charge is 0.333 e. The van der Waals surface area contributed by atoms with Crippen LogP contribution in [0.1, 0.15) is 6.92 Å². The average Bonchev–Trinajstić information content (AvgIpc) is 2.37. The lowest BCUT2D eigenvalue weighted by atomic mass is 10.3. The SMILES string of the molecule is C=C(C)C(=O)OCCN(CC(O)CO)CC(O)CO. The number of nitrogens with zero attached hydrogens (tertiary/aromatic N) is 1. The molecule has 0 aliphatic heterocycles. The van der Waals surface area contributed by atoms with Crippen LogP contribution in [0.5, 0.6) is 0 Å². The van der Waals surface area contributed by atoms with Gasteiger partial charge < -0.3 is 25.2 Å². The predicted molar refractivity (Wildman–Crippen MR) is 68.4 cm³/mol. The van der Waals surface area contributed by atoms with E-state index >= 15 is 0 Å². The summed E-state index contributed by atoms with van der Waals surface area (Å²) in [5.41, 5.74) is 0.289. The van der Waals surface area contributed by atoms with Crippen LogP contribution in [0.3, 0.4) is 0 Å². The third kappa shape index (κ3) is 8.68. The summed E-state index contributed by atoms with van der Waals surface area (Å²) >= 11 is 0. The number of carbonyl (C=O) groups excluding carboxylic acids is 1. The van der Waals surface area contributed by atoms with Crippen molar-refractivity contribution in [1.29, 1.82) is 0 Å². The van der Waals surface area contributed by atoms with Crippen LogP contribution in [-0.2, 0) is 9.53 Å². The van der Waals surface area contributed by atoms with E-state index in [1.54, 1.807) is 4.90 Å². The molecule has 0 aromatic rings. The van der Waals surface area contributed by atoms with E-state index in [1.807, 2.05) is 0 Å². The van der Waals surface area contributed by atoms with Crippen LogP contribution in [0.15, 0.2) is 12.2 Å². The maximum absolute atomic E-state index is 11.2. The molecule has 19 heavy (non-hydrogen) atoms. The number of rotatable bonds is 10. The lowest BCUT2D eigenvalue weighted by Gasteiger charge is -2.25. The van der Waals surface area contributed by atoms with Gasteiger partial charge in [-0.05, 0) is 6.92 Å². The molecule has 7 nitrogen and oxygen atoms in total. The lowest BCUT2D eigenvalue weighted by molar-refractivity contribution is -0.139. The molecular formula is C12H23NO6. The highest BCUT2D eigenvalue weighted by molar-refractivity contribution is 5.86. The van der Waals surface area contributed by atoms with Crippen molar-refractivity contribution in [2.45, 2.75) is 19.1 Å². The Labute approximate surface area is 112 Å². The molecule has 0 fully saturated rings. The summed E-state index contributed by atoms with van der Waals surface area (Å²) < 4.78 is 4.90. The van der Waals surface area contributed by atoms with Gasteiger partial charge >= 0.3 is 5.97 Å². The fraction of sp³-hybridized carbons (Fsp3) is 0.750. The summed E-state index contributed by atoms with van der Waals surface area (Å²) in [6.45, 7) is 4.72. The molecule has 4 N–H and O–H groups in total. The van der Waals surface area contributed by atoms with Gasteiger partial charge in [0.15, 0.2) is 0 Å². The molecule has 2 atom stereocenters. The first-order valence-electron chi connectivity index (χ1n) is 6.03. The molecule has 7 heteroatoms. The minimum atomic E-state index is -0.956. The number of hydrogen-bond acceptors (Lipinski definition) is 7. The topological polar surface area (TPSA) is 110 Å². The Balaban J connectivity index is 4.17. The standard InChI is InChI=1S/C12H23NO6/c1-9(2)12(18)19-4-3-13(5-10(16)7-14)6-11(17)8-15/h10-11,14-17H,1,3-8H2,2H3. The molecule has 0 radical (unpaired) electrons. The first-order valence-corrected chi connectivity index (χ1v) is 6.03. The number of esters is 1. The van der Waals surface area contributed by atoms with E-state index in [9.17, 15) is 15.0 Å². The molecule has 0 aliphatic carbocycles. The van der Waals surface area contributed by atoms with Gasteiger partial charge in [-0.3, -0.25) is 4.90 Å². The zero-order chi connectivity index (χ0) is 14.8. The van der Waals surface area contributed by atoms with E-state index < -0.39 is 31.4 Å². The summed E-state index contributed by atoms with van der Waals surface area (Å²) in [4.78, 5) is 12.8. The van der Waals surface area contributed by atoms with Crippen molar-refractivity contribution in [3.63, 3.8) is 0 Å². The van der Waals surface area contributed by atoms with Crippen LogP contribution in [0, 0.1) is 0 Å². The van der Waals surface area contributed by atoms with Crippen molar-refractivity contribution in [3.8, 4) is 0 Å². The second kappa shape index (κ2) is 9.88. The molecule has 0 aliphatic rings. The van der Waals surface area contributed by atoms with Crippen molar-refractivity contribution in [3.05, 3.63) is 12.2 Å². The highest BCUT2D eigenvalue weighted by Crippen LogP contribution is 1.98. The highest BCUT2D eigenvalue weighted by atomic mass is 16.5. The van der Waals surface area contributed by atoms with Crippen molar-refractivity contribution in [2.24, 2.45) is 0 Å². The van der Waals surface area contributed by atoms with Crippen LogP contribution in [0.4, 0.5) is 0 Å². The summed E-state index contributed by atoms with van der Waals surface area (Å²) in [5.74, 6) is -0.509.